The first-order valence-corrected chi connectivity index (χ1v) is 6.65. The molecule has 1 aliphatic heterocycles. The largest absolute Gasteiger partial charge is 0.350 e. The normalized spacial score (nSPS) is 19.9. The second-order valence-corrected chi connectivity index (χ2v) is 5.03. The number of piperidine rings is 1. The first-order valence-electron chi connectivity index (χ1n) is 5.85. The van der Waals surface area contributed by atoms with Crippen LogP contribution in [0.25, 0.3) is 0 Å². The maximum atomic E-state index is 11.9. The Hall–Kier alpha value is -0.940. The van der Waals surface area contributed by atoms with Crippen molar-refractivity contribution in [3.8, 4) is 0 Å². The third-order valence-electron chi connectivity index (χ3n) is 2.88. The van der Waals surface area contributed by atoms with Crippen molar-refractivity contribution < 1.29 is 4.79 Å². The van der Waals surface area contributed by atoms with Gasteiger partial charge in [-0.2, -0.15) is 0 Å². The lowest BCUT2D eigenvalue weighted by Crippen LogP contribution is -2.40. The number of nitrogens with one attached hydrogen (secondary N) is 2. The van der Waals surface area contributed by atoms with Crippen LogP contribution in [-0.4, -0.2) is 24.0 Å². The standard InChI is InChI=1S/C12H16BrN3O/c13-11-5-1-4-10(16-11)8-15-12(17)9-3-2-6-14-7-9/h1,4-5,9,14H,2-3,6-8H2,(H,15,17). The molecule has 17 heavy (non-hydrogen) atoms. The number of amides is 1. The van der Waals surface area contributed by atoms with Crippen LogP contribution >= 0.6 is 15.9 Å². The molecule has 0 bridgehead atoms. The molecule has 2 rings (SSSR count). The Morgan fingerprint density at radius 3 is 3.18 bits per heavy atom. The summed E-state index contributed by atoms with van der Waals surface area (Å²) in [5.74, 6) is 0.231. The average Bonchev–Trinajstić information content (AvgIpc) is 2.37. The highest BCUT2D eigenvalue weighted by atomic mass is 79.9. The predicted molar refractivity (Wildman–Crippen MR) is 69.4 cm³/mol. The Labute approximate surface area is 109 Å². The van der Waals surface area contributed by atoms with E-state index in [1.165, 1.54) is 0 Å². The van der Waals surface area contributed by atoms with Crippen molar-refractivity contribution in [2.24, 2.45) is 5.92 Å². The van der Waals surface area contributed by atoms with E-state index >= 15 is 0 Å². The highest BCUT2D eigenvalue weighted by molar-refractivity contribution is 9.10. The molecule has 0 spiro atoms. The second-order valence-electron chi connectivity index (χ2n) is 4.21. The highest BCUT2D eigenvalue weighted by Gasteiger charge is 2.20. The number of hydrogen-bond acceptors (Lipinski definition) is 3. The molecular formula is C12H16BrN3O. The zero-order valence-corrected chi connectivity index (χ0v) is 11.2. The summed E-state index contributed by atoms with van der Waals surface area (Å²) in [4.78, 5) is 16.1. The number of halogens is 1. The van der Waals surface area contributed by atoms with E-state index in [9.17, 15) is 4.79 Å². The fourth-order valence-electron chi connectivity index (χ4n) is 1.95. The van der Waals surface area contributed by atoms with Crippen molar-refractivity contribution in [1.82, 2.24) is 15.6 Å². The third kappa shape index (κ3) is 3.78. The van der Waals surface area contributed by atoms with Gasteiger partial charge in [0.15, 0.2) is 0 Å². The van der Waals surface area contributed by atoms with Crippen molar-refractivity contribution in [2.45, 2.75) is 19.4 Å². The van der Waals surface area contributed by atoms with Crippen LogP contribution in [0.15, 0.2) is 22.8 Å². The van der Waals surface area contributed by atoms with Gasteiger partial charge in [-0.3, -0.25) is 4.79 Å². The summed E-state index contributed by atoms with van der Waals surface area (Å²) in [6.07, 6.45) is 2.05. The topological polar surface area (TPSA) is 54.0 Å². The van der Waals surface area contributed by atoms with Crippen LogP contribution in [0.2, 0.25) is 0 Å². The summed E-state index contributed by atoms with van der Waals surface area (Å²) < 4.78 is 0.795. The minimum Gasteiger partial charge on any atom is -0.350 e. The van der Waals surface area contributed by atoms with Gasteiger partial charge >= 0.3 is 0 Å². The van der Waals surface area contributed by atoms with Crippen molar-refractivity contribution in [3.05, 3.63) is 28.5 Å². The van der Waals surface area contributed by atoms with Crippen molar-refractivity contribution in [2.75, 3.05) is 13.1 Å². The summed E-state index contributed by atoms with van der Waals surface area (Å²) in [7, 11) is 0. The molecular weight excluding hydrogens is 282 g/mol. The summed E-state index contributed by atoms with van der Waals surface area (Å²) in [6, 6.07) is 5.70. The summed E-state index contributed by atoms with van der Waals surface area (Å²) >= 11 is 3.31. The van der Waals surface area contributed by atoms with Crippen LogP contribution in [0.5, 0.6) is 0 Å². The third-order valence-corrected chi connectivity index (χ3v) is 3.33. The number of rotatable bonds is 3. The molecule has 1 aromatic heterocycles. The van der Waals surface area contributed by atoms with Crippen LogP contribution in [0.1, 0.15) is 18.5 Å². The van der Waals surface area contributed by atoms with Crippen molar-refractivity contribution >= 4 is 21.8 Å². The number of carbonyl (C=O) groups is 1. The van der Waals surface area contributed by atoms with E-state index in [-0.39, 0.29) is 11.8 Å². The molecule has 1 aliphatic rings. The number of pyridine rings is 1. The molecule has 1 saturated heterocycles. The number of nitrogens with zero attached hydrogens (tertiary/aromatic N) is 1. The SMILES string of the molecule is O=C(NCc1cccc(Br)n1)C1CCCNC1. The molecule has 1 atom stereocenters. The van der Waals surface area contributed by atoms with E-state index in [4.69, 9.17) is 0 Å². The Kier molecular flexibility index (Phi) is 4.50. The smallest absolute Gasteiger partial charge is 0.224 e. The molecule has 0 radical (unpaired) electrons. The Morgan fingerprint density at radius 2 is 2.47 bits per heavy atom. The number of carbonyl (C=O) groups excluding carboxylic acids is 1. The van der Waals surface area contributed by atoms with E-state index in [0.29, 0.717) is 6.54 Å². The van der Waals surface area contributed by atoms with Crippen LogP contribution in [0.4, 0.5) is 0 Å². The van der Waals surface area contributed by atoms with Gasteiger partial charge in [0, 0.05) is 6.54 Å². The molecule has 1 amide bonds. The molecule has 0 saturated carbocycles. The lowest BCUT2D eigenvalue weighted by Gasteiger charge is -2.21. The molecule has 2 heterocycles. The van der Waals surface area contributed by atoms with Gasteiger partial charge in [0.25, 0.3) is 0 Å². The first kappa shape index (κ1) is 12.5. The lowest BCUT2D eigenvalue weighted by atomic mass is 9.99. The molecule has 1 aromatic rings. The van der Waals surface area contributed by atoms with Gasteiger partial charge in [0.05, 0.1) is 18.2 Å². The molecule has 92 valence electrons. The molecule has 4 nitrogen and oxygen atoms in total. The van der Waals surface area contributed by atoms with Gasteiger partial charge in [-0.25, -0.2) is 4.98 Å². The fraction of sp³-hybridized carbons (Fsp3) is 0.500. The predicted octanol–water partition coefficient (Wildman–Crippen LogP) is 1.46. The summed E-state index contributed by atoms with van der Waals surface area (Å²) in [6.45, 7) is 2.31. The van der Waals surface area contributed by atoms with E-state index in [1.807, 2.05) is 18.2 Å². The van der Waals surface area contributed by atoms with Crippen LogP contribution in [-0.2, 0) is 11.3 Å². The van der Waals surface area contributed by atoms with Gasteiger partial charge < -0.3 is 10.6 Å². The average molecular weight is 298 g/mol. The maximum absolute atomic E-state index is 11.9. The van der Waals surface area contributed by atoms with E-state index < -0.39 is 0 Å². The summed E-state index contributed by atoms with van der Waals surface area (Å²) in [5.41, 5.74) is 0.872. The Morgan fingerprint density at radius 1 is 1.59 bits per heavy atom. The summed E-state index contributed by atoms with van der Waals surface area (Å²) in [5, 5.41) is 6.17. The lowest BCUT2D eigenvalue weighted by molar-refractivity contribution is -0.125. The Balaban J connectivity index is 1.83. The van der Waals surface area contributed by atoms with Crippen LogP contribution in [0.3, 0.4) is 0 Å². The van der Waals surface area contributed by atoms with E-state index in [1.54, 1.807) is 0 Å². The molecule has 0 aliphatic carbocycles. The van der Waals surface area contributed by atoms with Gasteiger partial charge in [-0.15, -0.1) is 0 Å². The second kappa shape index (κ2) is 6.12. The first-order chi connectivity index (χ1) is 8.25. The highest BCUT2D eigenvalue weighted by Crippen LogP contribution is 2.10. The van der Waals surface area contributed by atoms with Gasteiger partial charge in [-0.05, 0) is 47.4 Å². The number of aromatic nitrogens is 1. The van der Waals surface area contributed by atoms with Crippen molar-refractivity contribution in [3.63, 3.8) is 0 Å². The molecule has 1 unspecified atom stereocenters. The quantitative estimate of drug-likeness (QED) is 0.831. The maximum Gasteiger partial charge on any atom is 0.224 e. The monoisotopic (exact) mass is 297 g/mol. The molecule has 2 N–H and O–H groups in total. The van der Waals surface area contributed by atoms with Gasteiger partial charge in [0.1, 0.15) is 4.60 Å². The fourth-order valence-corrected chi connectivity index (χ4v) is 2.33. The zero-order chi connectivity index (χ0) is 12.1. The van der Waals surface area contributed by atoms with Crippen molar-refractivity contribution in [1.29, 1.82) is 0 Å². The van der Waals surface area contributed by atoms with Gasteiger partial charge in [-0.1, -0.05) is 6.07 Å². The minimum atomic E-state index is 0.107. The molecule has 5 heteroatoms. The minimum absolute atomic E-state index is 0.107. The van der Waals surface area contributed by atoms with Crippen LogP contribution < -0.4 is 10.6 Å². The molecule has 0 aromatic carbocycles. The van der Waals surface area contributed by atoms with E-state index in [2.05, 4.69) is 31.5 Å². The van der Waals surface area contributed by atoms with Gasteiger partial charge in [0.2, 0.25) is 5.91 Å². The van der Waals surface area contributed by atoms with E-state index in [0.717, 1.165) is 36.2 Å². The zero-order valence-electron chi connectivity index (χ0n) is 9.58. The Bertz CT molecular complexity index is 391. The number of hydrogen-bond donors (Lipinski definition) is 2. The molecule has 1 fully saturated rings. The van der Waals surface area contributed by atoms with Crippen LogP contribution in [0, 0.1) is 5.92 Å².